The van der Waals surface area contributed by atoms with E-state index in [1.54, 1.807) is 0 Å². The van der Waals surface area contributed by atoms with Crippen LogP contribution in [0.3, 0.4) is 0 Å². The number of unbranched alkanes of at least 4 members (excludes halogenated alkanes) is 4. The van der Waals surface area contributed by atoms with E-state index < -0.39 is 11.5 Å². The number of aromatic hydroxyl groups is 1. The van der Waals surface area contributed by atoms with Crippen LogP contribution in [0.4, 0.5) is 0 Å². The van der Waals surface area contributed by atoms with Crippen molar-refractivity contribution in [3.05, 3.63) is 27.3 Å². The Hall–Kier alpha value is -1.58. The van der Waals surface area contributed by atoms with Crippen molar-refractivity contribution < 1.29 is 14.3 Å². The van der Waals surface area contributed by atoms with Gasteiger partial charge in [0, 0.05) is 12.0 Å². The van der Waals surface area contributed by atoms with Crippen molar-refractivity contribution in [2.75, 3.05) is 0 Å². The Labute approximate surface area is 177 Å². The summed E-state index contributed by atoms with van der Waals surface area (Å²) in [6, 6.07) is 0. The molecule has 4 heteroatoms. The molecule has 0 unspecified atom stereocenters. The number of carbonyl (C=O) groups is 1. The van der Waals surface area contributed by atoms with Crippen molar-refractivity contribution in [1.82, 2.24) is 0 Å². The lowest BCUT2D eigenvalue weighted by Gasteiger charge is -2.21. The molecule has 1 heterocycles. The zero-order valence-corrected chi connectivity index (χ0v) is 19.3. The predicted octanol–water partition coefficient (Wildman–Crippen LogP) is 6.70. The number of hydrogen-bond acceptors (Lipinski definition) is 4. The first kappa shape index (κ1) is 25.5. The molecule has 0 amide bonds. The molecule has 1 aromatic rings. The largest absolute Gasteiger partial charge is 0.507 e. The van der Waals surface area contributed by atoms with Crippen LogP contribution in [0.2, 0.25) is 0 Å². The number of hydrogen-bond donors (Lipinski definition) is 1. The number of rotatable bonds is 15. The standard InChI is InChI=1S/C25H42O4/c1-6-9-12-15-22(26)19(17-16-18(4)5)24-20(13-10-7-2)23(27)21(14-11-8-3)25(28)29-24/h18-19,27H,6-17H2,1-5H3/t19-/m1/s1. The molecule has 1 rings (SSSR count). The molecule has 0 saturated carbocycles. The fourth-order valence-electron chi connectivity index (χ4n) is 3.73. The Morgan fingerprint density at radius 3 is 2.03 bits per heavy atom. The molecule has 0 aliphatic carbocycles. The molecule has 0 radical (unpaired) electrons. The van der Waals surface area contributed by atoms with Crippen molar-refractivity contribution >= 4 is 5.78 Å². The Morgan fingerprint density at radius 1 is 0.897 bits per heavy atom. The lowest BCUT2D eigenvalue weighted by Crippen LogP contribution is -2.20. The van der Waals surface area contributed by atoms with E-state index in [9.17, 15) is 14.7 Å². The number of carbonyl (C=O) groups excluding carboxylic acids is 1. The van der Waals surface area contributed by atoms with Crippen LogP contribution in [-0.2, 0) is 17.6 Å². The van der Waals surface area contributed by atoms with Crippen LogP contribution in [0.25, 0.3) is 0 Å². The summed E-state index contributed by atoms with van der Waals surface area (Å²) in [6.45, 7) is 10.5. The summed E-state index contributed by atoms with van der Waals surface area (Å²) in [7, 11) is 0. The summed E-state index contributed by atoms with van der Waals surface area (Å²) in [5.41, 5.74) is 0.597. The molecule has 0 aromatic carbocycles. The first-order chi connectivity index (χ1) is 13.9. The maximum atomic E-state index is 13.1. The molecular formula is C25H42O4. The van der Waals surface area contributed by atoms with E-state index in [0.717, 1.165) is 51.4 Å². The third-order valence-electron chi connectivity index (χ3n) is 5.64. The average Bonchev–Trinajstić information content (AvgIpc) is 2.67. The second kappa shape index (κ2) is 13.6. The molecule has 0 aliphatic rings. The minimum absolute atomic E-state index is 0.0778. The van der Waals surface area contributed by atoms with Gasteiger partial charge in [-0.25, -0.2) is 4.79 Å². The van der Waals surface area contributed by atoms with Gasteiger partial charge in [0.05, 0.1) is 11.5 Å². The van der Waals surface area contributed by atoms with Crippen molar-refractivity contribution in [1.29, 1.82) is 0 Å². The third-order valence-corrected chi connectivity index (χ3v) is 5.64. The van der Waals surface area contributed by atoms with Gasteiger partial charge in [-0.3, -0.25) is 4.79 Å². The summed E-state index contributed by atoms with van der Waals surface area (Å²) in [5.74, 6) is 0.683. The molecule has 0 spiro atoms. The minimum Gasteiger partial charge on any atom is -0.507 e. The average molecular weight is 407 g/mol. The highest BCUT2D eigenvalue weighted by Gasteiger charge is 2.29. The second-order valence-corrected chi connectivity index (χ2v) is 8.71. The highest BCUT2D eigenvalue weighted by molar-refractivity contribution is 5.85. The monoisotopic (exact) mass is 406 g/mol. The number of ketones is 1. The minimum atomic E-state index is -0.470. The molecule has 1 atom stereocenters. The molecule has 0 aliphatic heterocycles. The maximum Gasteiger partial charge on any atom is 0.342 e. The van der Waals surface area contributed by atoms with E-state index in [1.165, 1.54) is 0 Å². The van der Waals surface area contributed by atoms with Crippen LogP contribution in [0.15, 0.2) is 9.21 Å². The van der Waals surface area contributed by atoms with E-state index in [0.29, 0.717) is 48.5 Å². The van der Waals surface area contributed by atoms with Crippen molar-refractivity contribution in [3.63, 3.8) is 0 Å². The summed E-state index contributed by atoms with van der Waals surface area (Å²) >= 11 is 0. The SMILES string of the molecule is CCCCCC(=O)[C@@H](CCC(C)C)c1oc(=O)c(CCCC)c(O)c1CCCC. The fraction of sp³-hybridized carbons (Fsp3) is 0.760. The Morgan fingerprint density at radius 2 is 1.48 bits per heavy atom. The Kier molecular flexibility index (Phi) is 11.9. The van der Waals surface area contributed by atoms with Gasteiger partial charge in [-0.05, 0) is 50.9 Å². The Balaban J connectivity index is 3.38. The predicted molar refractivity (Wildman–Crippen MR) is 120 cm³/mol. The normalized spacial score (nSPS) is 12.5. The Bertz CT molecular complexity index is 672. The zero-order chi connectivity index (χ0) is 21.8. The summed E-state index contributed by atoms with van der Waals surface area (Å²) in [6.07, 6.45) is 9.81. The molecule has 0 bridgehead atoms. The number of Topliss-reactive ketones (excluding diaryl/α,β-unsaturated/α-hetero) is 1. The smallest absolute Gasteiger partial charge is 0.342 e. The summed E-state index contributed by atoms with van der Waals surface area (Å²) in [4.78, 5) is 25.8. The van der Waals surface area contributed by atoms with Crippen LogP contribution in [-0.4, -0.2) is 10.9 Å². The first-order valence-electron chi connectivity index (χ1n) is 11.8. The topological polar surface area (TPSA) is 67.5 Å². The van der Waals surface area contributed by atoms with Gasteiger partial charge >= 0.3 is 5.63 Å². The van der Waals surface area contributed by atoms with Crippen molar-refractivity contribution in [2.45, 2.75) is 118 Å². The lowest BCUT2D eigenvalue weighted by molar-refractivity contribution is -0.121. The second-order valence-electron chi connectivity index (χ2n) is 8.71. The quantitative estimate of drug-likeness (QED) is 0.329. The maximum absolute atomic E-state index is 13.1. The molecule has 1 aromatic heterocycles. The van der Waals surface area contributed by atoms with Gasteiger partial charge in [-0.1, -0.05) is 60.3 Å². The third kappa shape index (κ3) is 7.98. The van der Waals surface area contributed by atoms with E-state index >= 15 is 0 Å². The molecule has 166 valence electrons. The fourth-order valence-corrected chi connectivity index (χ4v) is 3.73. The summed E-state index contributed by atoms with van der Waals surface area (Å²) < 4.78 is 5.80. The van der Waals surface area contributed by atoms with Gasteiger partial charge in [0.2, 0.25) is 0 Å². The highest BCUT2D eigenvalue weighted by atomic mass is 16.4. The van der Waals surface area contributed by atoms with Crippen LogP contribution in [0.1, 0.15) is 122 Å². The van der Waals surface area contributed by atoms with Crippen LogP contribution in [0, 0.1) is 5.92 Å². The van der Waals surface area contributed by atoms with Gasteiger partial charge in [0.15, 0.2) is 0 Å². The first-order valence-corrected chi connectivity index (χ1v) is 11.8. The van der Waals surface area contributed by atoms with Gasteiger partial charge in [-0.2, -0.15) is 0 Å². The van der Waals surface area contributed by atoms with Crippen molar-refractivity contribution in [2.24, 2.45) is 5.92 Å². The van der Waals surface area contributed by atoms with E-state index in [-0.39, 0.29) is 11.5 Å². The lowest BCUT2D eigenvalue weighted by atomic mass is 9.86. The molecule has 29 heavy (non-hydrogen) atoms. The van der Waals surface area contributed by atoms with Gasteiger partial charge < -0.3 is 9.52 Å². The van der Waals surface area contributed by atoms with E-state index in [2.05, 4.69) is 34.6 Å². The van der Waals surface area contributed by atoms with Gasteiger partial charge in [0.1, 0.15) is 17.3 Å². The van der Waals surface area contributed by atoms with E-state index in [1.807, 2.05) is 0 Å². The van der Waals surface area contributed by atoms with Crippen LogP contribution >= 0.6 is 0 Å². The van der Waals surface area contributed by atoms with Crippen molar-refractivity contribution in [3.8, 4) is 5.75 Å². The van der Waals surface area contributed by atoms with Gasteiger partial charge in [0.25, 0.3) is 0 Å². The summed E-state index contributed by atoms with van der Waals surface area (Å²) in [5, 5.41) is 11.0. The van der Waals surface area contributed by atoms with Crippen LogP contribution in [0.5, 0.6) is 5.75 Å². The van der Waals surface area contributed by atoms with Gasteiger partial charge in [-0.15, -0.1) is 0 Å². The molecule has 0 saturated heterocycles. The van der Waals surface area contributed by atoms with Crippen LogP contribution < -0.4 is 5.63 Å². The highest BCUT2D eigenvalue weighted by Crippen LogP contribution is 2.35. The molecule has 4 nitrogen and oxygen atoms in total. The molecular weight excluding hydrogens is 364 g/mol. The van der Waals surface area contributed by atoms with E-state index in [4.69, 9.17) is 4.42 Å². The molecule has 0 fully saturated rings. The zero-order valence-electron chi connectivity index (χ0n) is 19.3. The molecule has 1 N–H and O–H groups in total.